The van der Waals surface area contributed by atoms with Crippen LogP contribution in [0.2, 0.25) is 0 Å². The van der Waals surface area contributed by atoms with Gasteiger partial charge in [0.25, 0.3) is 0 Å². The van der Waals surface area contributed by atoms with Gasteiger partial charge >= 0.3 is 0 Å². The van der Waals surface area contributed by atoms with E-state index in [1.165, 1.54) is 0 Å². The van der Waals surface area contributed by atoms with Gasteiger partial charge in [-0.3, -0.25) is 14.6 Å². The summed E-state index contributed by atoms with van der Waals surface area (Å²) in [5, 5.41) is 5.81. The molecule has 1 aliphatic rings. The van der Waals surface area contributed by atoms with Crippen molar-refractivity contribution in [2.24, 2.45) is 0 Å². The summed E-state index contributed by atoms with van der Waals surface area (Å²) in [6.45, 7) is 2.02. The van der Waals surface area contributed by atoms with Crippen LogP contribution in [-0.2, 0) is 9.59 Å². The molecule has 1 aromatic heterocycles. The van der Waals surface area contributed by atoms with Crippen molar-refractivity contribution in [3.63, 3.8) is 0 Å². The molecule has 0 spiro atoms. The van der Waals surface area contributed by atoms with Gasteiger partial charge in [0.15, 0.2) is 0 Å². The first kappa shape index (κ1) is 16.2. The number of rotatable bonds is 4. The molecule has 2 atom stereocenters. The summed E-state index contributed by atoms with van der Waals surface area (Å²) >= 11 is 0. The van der Waals surface area contributed by atoms with Crippen molar-refractivity contribution in [2.75, 3.05) is 0 Å². The molecule has 0 saturated carbocycles. The van der Waals surface area contributed by atoms with Gasteiger partial charge in [0, 0.05) is 12.6 Å². The van der Waals surface area contributed by atoms with Crippen LogP contribution in [0.3, 0.4) is 0 Å². The monoisotopic (exact) mass is 323 g/mol. The van der Waals surface area contributed by atoms with Crippen LogP contribution in [0.25, 0.3) is 0 Å². The topological polar surface area (TPSA) is 71.1 Å². The Morgan fingerprint density at radius 3 is 2.71 bits per heavy atom. The Morgan fingerprint density at radius 1 is 1.25 bits per heavy atom. The van der Waals surface area contributed by atoms with Crippen LogP contribution in [0.4, 0.5) is 0 Å². The Labute approximate surface area is 141 Å². The second-order valence-electron chi connectivity index (χ2n) is 6.12. The van der Waals surface area contributed by atoms with E-state index in [4.69, 9.17) is 0 Å². The van der Waals surface area contributed by atoms with Crippen LogP contribution in [0.5, 0.6) is 0 Å². The van der Waals surface area contributed by atoms with Crippen LogP contribution in [0.15, 0.2) is 48.7 Å². The molecule has 0 aliphatic carbocycles. The van der Waals surface area contributed by atoms with E-state index in [1.807, 2.05) is 49.4 Å². The molecular weight excluding hydrogens is 302 g/mol. The van der Waals surface area contributed by atoms with Crippen molar-refractivity contribution in [1.29, 1.82) is 0 Å². The maximum atomic E-state index is 12.6. The van der Waals surface area contributed by atoms with Gasteiger partial charge in [-0.15, -0.1) is 0 Å². The third-order valence-corrected chi connectivity index (χ3v) is 4.23. The SMILES string of the molecule is Cc1ccc([C@H](NC(=O)[C@H]2CCCC(=O)N2)c2ccccn2)cc1. The van der Waals surface area contributed by atoms with Gasteiger partial charge in [-0.2, -0.15) is 0 Å². The molecule has 5 nitrogen and oxygen atoms in total. The molecule has 3 rings (SSSR count). The fourth-order valence-electron chi connectivity index (χ4n) is 2.88. The quantitative estimate of drug-likeness (QED) is 0.907. The first-order chi connectivity index (χ1) is 11.6. The zero-order chi connectivity index (χ0) is 16.9. The van der Waals surface area contributed by atoms with Crippen molar-refractivity contribution < 1.29 is 9.59 Å². The summed E-state index contributed by atoms with van der Waals surface area (Å²) in [4.78, 5) is 28.5. The number of hydrogen-bond donors (Lipinski definition) is 2. The maximum absolute atomic E-state index is 12.6. The number of amides is 2. The standard InChI is InChI=1S/C19H21N3O2/c1-13-8-10-14(11-9-13)18(15-5-2-3-12-20-15)22-19(24)16-6-4-7-17(23)21-16/h2-3,5,8-12,16,18H,4,6-7H2,1H3,(H,21,23)(H,22,24)/t16-,18+/m1/s1. The molecule has 1 fully saturated rings. The predicted octanol–water partition coefficient (Wildman–Crippen LogP) is 2.26. The van der Waals surface area contributed by atoms with E-state index in [9.17, 15) is 9.59 Å². The van der Waals surface area contributed by atoms with Crippen LogP contribution in [0.1, 0.15) is 42.1 Å². The van der Waals surface area contributed by atoms with Crippen molar-refractivity contribution >= 4 is 11.8 Å². The number of aryl methyl sites for hydroxylation is 1. The van der Waals surface area contributed by atoms with Gasteiger partial charge in [-0.25, -0.2) is 0 Å². The Morgan fingerprint density at radius 2 is 2.04 bits per heavy atom. The number of pyridine rings is 1. The number of carbonyl (C=O) groups excluding carboxylic acids is 2. The molecule has 24 heavy (non-hydrogen) atoms. The highest BCUT2D eigenvalue weighted by Crippen LogP contribution is 2.21. The number of carbonyl (C=O) groups is 2. The average molecular weight is 323 g/mol. The molecule has 1 aliphatic heterocycles. The minimum atomic E-state index is -0.470. The highest BCUT2D eigenvalue weighted by Gasteiger charge is 2.27. The maximum Gasteiger partial charge on any atom is 0.243 e. The van der Waals surface area contributed by atoms with E-state index in [0.29, 0.717) is 12.8 Å². The van der Waals surface area contributed by atoms with Crippen molar-refractivity contribution in [3.05, 3.63) is 65.5 Å². The van der Waals surface area contributed by atoms with Gasteiger partial charge in [0.1, 0.15) is 6.04 Å². The van der Waals surface area contributed by atoms with Crippen molar-refractivity contribution in [2.45, 2.75) is 38.3 Å². The minimum absolute atomic E-state index is 0.0638. The molecule has 2 heterocycles. The second-order valence-corrected chi connectivity index (χ2v) is 6.12. The molecular formula is C19H21N3O2. The molecule has 0 unspecified atom stereocenters. The number of nitrogens with zero attached hydrogens (tertiary/aromatic N) is 1. The summed E-state index contributed by atoms with van der Waals surface area (Å²) in [7, 11) is 0. The van der Waals surface area contributed by atoms with Crippen LogP contribution in [-0.4, -0.2) is 22.8 Å². The number of piperidine rings is 1. The van der Waals surface area contributed by atoms with E-state index in [-0.39, 0.29) is 17.9 Å². The number of nitrogens with one attached hydrogen (secondary N) is 2. The van der Waals surface area contributed by atoms with Crippen molar-refractivity contribution in [1.82, 2.24) is 15.6 Å². The van der Waals surface area contributed by atoms with E-state index >= 15 is 0 Å². The summed E-state index contributed by atoms with van der Waals surface area (Å²) in [6, 6.07) is 12.9. The van der Waals surface area contributed by atoms with Gasteiger partial charge in [0.2, 0.25) is 11.8 Å². The molecule has 5 heteroatoms. The van der Waals surface area contributed by atoms with E-state index in [0.717, 1.165) is 23.2 Å². The molecule has 2 N–H and O–H groups in total. The zero-order valence-corrected chi connectivity index (χ0v) is 13.7. The summed E-state index contributed by atoms with van der Waals surface area (Å²) in [5.41, 5.74) is 2.90. The molecule has 0 radical (unpaired) electrons. The Hall–Kier alpha value is -2.69. The van der Waals surface area contributed by atoms with E-state index in [2.05, 4.69) is 15.6 Å². The fourth-order valence-corrected chi connectivity index (χ4v) is 2.88. The van der Waals surface area contributed by atoms with Gasteiger partial charge in [-0.1, -0.05) is 35.9 Å². The highest BCUT2D eigenvalue weighted by molar-refractivity contribution is 5.89. The summed E-state index contributed by atoms with van der Waals surface area (Å²) < 4.78 is 0. The first-order valence-corrected chi connectivity index (χ1v) is 8.21. The van der Waals surface area contributed by atoms with E-state index < -0.39 is 6.04 Å². The van der Waals surface area contributed by atoms with Gasteiger partial charge in [0.05, 0.1) is 11.7 Å². The number of aromatic nitrogens is 1. The number of benzene rings is 1. The lowest BCUT2D eigenvalue weighted by Gasteiger charge is -2.26. The average Bonchev–Trinajstić information content (AvgIpc) is 2.61. The molecule has 1 aromatic carbocycles. The van der Waals surface area contributed by atoms with Gasteiger partial charge in [-0.05, 0) is 37.5 Å². The predicted molar refractivity (Wildman–Crippen MR) is 91.2 cm³/mol. The molecule has 2 amide bonds. The lowest BCUT2D eigenvalue weighted by molar-refractivity contribution is -0.131. The van der Waals surface area contributed by atoms with E-state index in [1.54, 1.807) is 6.20 Å². The third-order valence-electron chi connectivity index (χ3n) is 4.23. The van der Waals surface area contributed by atoms with Crippen molar-refractivity contribution in [3.8, 4) is 0 Å². The third kappa shape index (κ3) is 3.79. The number of hydrogen-bond acceptors (Lipinski definition) is 3. The zero-order valence-electron chi connectivity index (χ0n) is 13.7. The Bertz CT molecular complexity index is 713. The summed E-state index contributed by atoms with van der Waals surface area (Å²) in [5.74, 6) is -0.231. The molecule has 1 saturated heterocycles. The molecule has 0 bridgehead atoms. The fraction of sp³-hybridized carbons (Fsp3) is 0.316. The van der Waals surface area contributed by atoms with Crippen LogP contribution >= 0.6 is 0 Å². The summed E-state index contributed by atoms with van der Waals surface area (Å²) in [6.07, 6.45) is 3.61. The Kier molecular flexibility index (Phi) is 4.89. The molecule has 2 aromatic rings. The van der Waals surface area contributed by atoms with Crippen LogP contribution in [0, 0.1) is 6.92 Å². The lowest BCUT2D eigenvalue weighted by Crippen LogP contribution is -2.50. The largest absolute Gasteiger partial charge is 0.344 e. The minimum Gasteiger partial charge on any atom is -0.344 e. The highest BCUT2D eigenvalue weighted by atomic mass is 16.2. The molecule has 124 valence electrons. The lowest BCUT2D eigenvalue weighted by atomic mass is 9.99. The smallest absolute Gasteiger partial charge is 0.243 e. The second kappa shape index (κ2) is 7.25. The Balaban J connectivity index is 1.83. The normalized spacial score (nSPS) is 18.5. The van der Waals surface area contributed by atoms with Gasteiger partial charge < -0.3 is 10.6 Å². The van der Waals surface area contributed by atoms with Crippen LogP contribution < -0.4 is 10.6 Å². The first-order valence-electron chi connectivity index (χ1n) is 8.21.